The minimum Gasteiger partial charge on any atom is -0.288 e. The molecule has 1 aromatic heterocycles. The number of hydroxylamine groups is 1. The Morgan fingerprint density at radius 3 is 1.97 bits per heavy atom. The average molecular weight is 538 g/mol. The fourth-order valence-corrected chi connectivity index (χ4v) is 5.72. The van der Waals surface area contributed by atoms with Gasteiger partial charge in [-0.2, -0.15) is 0 Å². The van der Waals surface area contributed by atoms with Gasteiger partial charge in [0.2, 0.25) is 0 Å². The van der Waals surface area contributed by atoms with Crippen molar-refractivity contribution >= 4 is 37.7 Å². The molecule has 0 radical (unpaired) electrons. The molecule has 4 aromatic rings. The molecule has 0 aliphatic rings. The molecule has 0 aliphatic carbocycles. The number of hydrogen-bond donors (Lipinski definition) is 3. The van der Waals surface area contributed by atoms with Crippen molar-refractivity contribution in [2.45, 2.75) is 16.7 Å². The summed E-state index contributed by atoms with van der Waals surface area (Å²) < 4.78 is 54.7. The second-order valence-corrected chi connectivity index (χ2v) is 11.6. The van der Waals surface area contributed by atoms with Crippen LogP contribution >= 0.6 is 0 Å². The summed E-state index contributed by atoms with van der Waals surface area (Å²) in [5.74, 6) is -0.733. The zero-order chi connectivity index (χ0) is 26.6. The van der Waals surface area contributed by atoms with Crippen molar-refractivity contribution in [3.8, 4) is 11.1 Å². The van der Waals surface area contributed by atoms with Crippen LogP contribution in [0.5, 0.6) is 0 Å². The summed E-state index contributed by atoms with van der Waals surface area (Å²) in [5, 5.41) is 8.53. The van der Waals surface area contributed by atoms with Gasteiger partial charge in [-0.1, -0.05) is 42.0 Å². The van der Waals surface area contributed by atoms with Crippen molar-refractivity contribution in [3.05, 3.63) is 108 Å². The number of nitrogens with one attached hydrogen (secondary N) is 2. The van der Waals surface area contributed by atoms with Gasteiger partial charge in [-0.25, -0.2) is 26.3 Å². The Bertz CT molecular complexity index is 1660. The first-order valence-electron chi connectivity index (χ1n) is 10.9. The molecule has 0 saturated heterocycles. The molecule has 0 atom stereocenters. The first-order chi connectivity index (χ1) is 17.6. The van der Waals surface area contributed by atoms with Crippen molar-refractivity contribution in [2.75, 3.05) is 4.72 Å². The maximum absolute atomic E-state index is 13.0. The van der Waals surface area contributed by atoms with E-state index in [1.165, 1.54) is 42.1 Å². The Hall–Kier alpha value is -4.19. The molecule has 0 fully saturated rings. The van der Waals surface area contributed by atoms with E-state index >= 15 is 0 Å². The number of nitrogens with zero attached hydrogens (tertiary/aromatic N) is 1. The quantitative estimate of drug-likeness (QED) is 0.177. The number of sulfonamides is 1. The van der Waals surface area contributed by atoms with E-state index in [-0.39, 0.29) is 9.79 Å². The summed E-state index contributed by atoms with van der Waals surface area (Å²) >= 11 is 0. The fraction of sp³-hybridized carbons (Fsp3) is 0.0385. The summed E-state index contributed by atoms with van der Waals surface area (Å²) in [7, 11) is -7.58. The SMILES string of the molecule is Cc1ccc(S(=O)(=O)Nc2ccc(-c3ccc(S(=O)(=O)n4ccc(/C=C/C(=O)NO)c4)cc3)cc2)cc1. The number of amides is 1. The molecule has 0 unspecified atom stereocenters. The van der Waals surface area contributed by atoms with Crippen LogP contribution in [-0.2, 0) is 24.8 Å². The number of anilines is 1. The molecule has 0 aliphatic heterocycles. The topological polar surface area (TPSA) is 135 Å². The van der Waals surface area contributed by atoms with Gasteiger partial charge in [0, 0.05) is 24.2 Å². The lowest BCUT2D eigenvalue weighted by Crippen LogP contribution is -2.14. The lowest BCUT2D eigenvalue weighted by Gasteiger charge is -2.10. The average Bonchev–Trinajstić information content (AvgIpc) is 3.38. The smallest absolute Gasteiger partial charge is 0.267 e. The van der Waals surface area contributed by atoms with Gasteiger partial charge in [0.25, 0.3) is 26.0 Å². The minimum atomic E-state index is -3.86. The summed E-state index contributed by atoms with van der Waals surface area (Å²) in [6.45, 7) is 1.88. The van der Waals surface area contributed by atoms with Crippen LogP contribution in [0, 0.1) is 6.92 Å². The third-order valence-corrected chi connectivity index (χ3v) is 8.51. The first-order valence-corrected chi connectivity index (χ1v) is 13.9. The minimum absolute atomic E-state index is 0.0676. The van der Waals surface area contributed by atoms with Crippen LogP contribution in [-0.4, -0.2) is 31.9 Å². The molecule has 0 saturated carbocycles. The van der Waals surface area contributed by atoms with E-state index in [1.54, 1.807) is 60.7 Å². The Labute approximate surface area is 214 Å². The normalized spacial score (nSPS) is 11.9. The van der Waals surface area contributed by atoms with Crippen molar-refractivity contribution < 1.29 is 26.8 Å². The third-order valence-electron chi connectivity index (χ3n) is 5.46. The van der Waals surface area contributed by atoms with E-state index in [0.717, 1.165) is 26.7 Å². The van der Waals surface area contributed by atoms with Crippen molar-refractivity contribution in [2.24, 2.45) is 0 Å². The number of hydrogen-bond acceptors (Lipinski definition) is 6. The molecule has 0 bridgehead atoms. The summed E-state index contributed by atoms with van der Waals surface area (Å²) in [5.41, 5.74) is 4.80. The largest absolute Gasteiger partial charge is 0.288 e. The number of rotatable bonds is 8. The maximum Gasteiger partial charge on any atom is 0.267 e. The second-order valence-electron chi connectivity index (χ2n) is 8.11. The maximum atomic E-state index is 13.0. The van der Waals surface area contributed by atoms with E-state index in [1.807, 2.05) is 6.92 Å². The van der Waals surface area contributed by atoms with Crippen LogP contribution < -0.4 is 10.2 Å². The zero-order valence-electron chi connectivity index (χ0n) is 19.6. The lowest BCUT2D eigenvalue weighted by atomic mass is 10.1. The standard InChI is InChI=1S/C26H23N3O6S2/c1-19-2-11-24(12-3-19)36(32,33)28-23-9-5-21(6-10-23)22-7-13-25(14-8-22)37(34,35)29-17-16-20(18-29)4-15-26(30)27-31/h2-18,28,31H,1H3,(H,27,30)/b15-4+. The summed E-state index contributed by atoms with van der Waals surface area (Å²) in [4.78, 5) is 11.3. The second kappa shape index (κ2) is 10.4. The molecule has 1 amide bonds. The van der Waals surface area contributed by atoms with Gasteiger partial charge in [0.15, 0.2) is 0 Å². The Morgan fingerprint density at radius 1 is 0.811 bits per heavy atom. The lowest BCUT2D eigenvalue weighted by molar-refractivity contribution is -0.124. The Morgan fingerprint density at radius 2 is 1.38 bits per heavy atom. The van der Waals surface area contributed by atoms with Crippen LogP contribution in [0.1, 0.15) is 11.1 Å². The van der Waals surface area contributed by atoms with Crippen LogP contribution in [0.2, 0.25) is 0 Å². The van der Waals surface area contributed by atoms with Gasteiger partial charge in [0.1, 0.15) is 0 Å². The molecular weight excluding hydrogens is 514 g/mol. The van der Waals surface area contributed by atoms with Crippen LogP contribution in [0.4, 0.5) is 5.69 Å². The highest BCUT2D eigenvalue weighted by atomic mass is 32.2. The molecular formula is C26H23N3O6S2. The predicted octanol–water partition coefficient (Wildman–Crippen LogP) is 4.02. The van der Waals surface area contributed by atoms with Gasteiger partial charge in [-0.05, 0) is 72.2 Å². The van der Waals surface area contributed by atoms with E-state index in [2.05, 4.69) is 4.72 Å². The molecule has 9 nitrogen and oxygen atoms in total. The molecule has 1 heterocycles. The van der Waals surface area contributed by atoms with Crippen molar-refractivity contribution in [1.29, 1.82) is 0 Å². The Balaban J connectivity index is 1.48. The van der Waals surface area contributed by atoms with Gasteiger partial charge in [-0.15, -0.1) is 0 Å². The van der Waals surface area contributed by atoms with Crippen LogP contribution in [0.3, 0.4) is 0 Å². The molecule has 11 heteroatoms. The van der Waals surface area contributed by atoms with Gasteiger partial charge in [0.05, 0.1) is 9.79 Å². The fourth-order valence-electron chi connectivity index (χ4n) is 3.45. The number of aromatic nitrogens is 1. The highest BCUT2D eigenvalue weighted by molar-refractivity contribution is 7.92. The number of carbonyl (C=O) groups excluding carboxylic acids is 1. The zero-order valence-corrected chi connectivity index (χ0v) is 21.2. The van der Waals surface area contributed by atoms with E-state index in [4.69, 9.17) is 5.21 Å². The molecule has 4 rings (SSSR count). The summed E-state index contributed by atoms with van der Waals surface area (Å²) in [6.07, 6.45) is 5.14. The van der Waals surface area contributed by atoms with Crippen LogP contribution in [0.25, 0.3) is 17.2 Å². The van der Waals surface area contributed by atoms with E-state index in [9.17, 15) is 21.6 Å². The van der Waals surface area contributed by atoms with Gasteiger partial charge < -0.3 is 0 Å². The molecule has 3 aromatic carbocycles. The van der Waals surface area contributed by atoms with E-state index < -0.39 is 26.0 Å². The molecule has 190 valence electrons. The highest BCUT2D eigenvalue weighted by Crippen LogP contribution is 2.25. The number of carbonyl (C=O) groups is 1. The van der Waals surface area contributed by atoms with Gasteiger partial charge in [-0.3, -0.25) is 14.7 Å². The first kappa shape index (κ1) is 25.9. The Kier molecular flexibility index (Phi) is 7.30. The highest BCUT2D eigenvalue weighted by Gasteiger charge is 2.17. The number of aryl methyl sites for hydroxylation is 1. The third kappa shape index (κ3) is 5.97. The number of benzene rings is 3. The monoisotopic (exact) mass is 537 g/mol. The summed E-state index contributed by atoms with van der Waals surface area (Å²) in [6, 6.07) is 21.1. The van der Waals surface area contributed by atoms with Crippen LogP contribution in [0.15, 0.2) is 107 Å². The van der Waals surface area contributed by atoms with Crippen molar-refractivity contribution in [3.63, 3.8) is 0 Å². The van der Waals surface area contributed by atoms with Crippen molar-refractivity contribution in [1.82, 2.24) is 9.45 Å². The molecule has 37 heavy (non-hydrogen) atoms. The van der Waals surface area contributed by atoms with E-state index in [0.29, 0.717) is 11.3 Å². The molecule has 0 spiro atoms. The van der Waals surface area contributed by atoms with Gasteiger partial charge >= 0.3 is 0 Å². The predicted molar refractivity (Wildman–Crippen MR) is 140 cm³/mol. The molecule has 3 N–H and O–H groups in total.